The predicted octanol–water partition coefficient (Wildman–Crippen LogP) is 2.65. The van der Waals surface area contributed by atoms with Crippen LogP contribution >= 0.6 is 0 Å². The summed E-state index contributed by atoms with van der Waals surface area (Å²) in [6, 6.07) is 7.39. The van der Waals surface area contributed by atoms with Gasteiger partial charge in [0, 0.05) is 29.4 Å². The summed E-state index contributed by atoms with van der Waals surface area (Å²) < 4.78 is 5.36. The molecule has 1 N–H and O–H groups in total. The second kappa shape index (κ2) is 7.11. The van der Waals surface area contributed by atoms with Gasteiger partial charge in [0.25, 0.3) is 5.69 Å². The molecule has 0 radical (unpaired) electrons. The lowest BCUT2D eigenvalue weighted by Crippen LogP contribution is -2.54. The summed E-state index contributed by atoms with van der Waals surface area (Å²) >= 11 is 0. The van der Waals surface area contributed by atoms with Gasteiger partial charge in [0.1, 0.15) is 17.0 Å². The Balaban J connectivity index is 1.56. The molecule has 0 aromatic heterocycles. The van der Waals surface area contributed by atoms with E-state index in [1.807, 2.05) is 26.0 Å². The average Bonchev–Trinajstić information content (AvgIpc) is 3.54. The molecule has 0 unspecified atom stereocenters. The number of nitrogens with zero attached hydrogens (tertiary/aromatic N) is 3. The van der Waals surface area contributed by atoms with Crippen molar-refractivity contribution in [2.24, 2.45) is 11.8 Å². The van der Waals surface area contributed by atoms with Crippen LogP contribution in [0.15, 0.2) is 30.3 Å². The van der Waals surface area contributed by atoms with E-state index in [0.717, 1.165) is 28.0 Å². The van der Waals surface area contributed by atoms with Gasteiger partial charge in [-0.2, -0.15) is 0 Å². The summed E-state index contributed by atoms with van der Waals surface area (Å²) in [5.41, 5.74) is 1.85. The van der Waals surface area contributed by atoms with E-state index in [2.05, 4.69) is 10.2 Å². The van der Waals surface area contributed by atoms with Crippen molar-refractivity contribution < 1.29 is 24.0 Å². The van der Waals surface area contributed by atoms with Crippen LogP contribution in [0.5, 0.6) is 5.75 Å². The van der Waals surface area contributed by atoms with Crippen LogP contribution in [0.25, 0.3) is 0 Å². The molecule has 3 saturated heterocycles. The molecule has 4 heterocycles. The zero-order valence-corrected chi connectivity index (χ0v) is 19.5. The quantitative estimate of drug-likeness (QED) is 0.411. The number of carbonyl (C=O) groups excluding carboxylic acids is 3. The van der Waals surface area contributed by atoms with Crippen molar-refractivity contribution >= 4 is 34.8 Å². The summed E-state index contributed by atoms with van der Waals surface area (Å²) in [4.78, 5) is 55.7. The average molecular weight is 476 g/mol. The lowest BCUT2D eigenvalue weighted by molar-refractivity contribution is -0.384. The molecular weight excluding hydrogens is 452 g/mol. The lowest BCUT2D eigenvalue weighted by Gasteiger charge is -2.36. The van der Waals surface area contributed by atoms with Crippen molar-refractivity contribution in [3.05, 3.63) is 57.1 Å². The monoisotopic (exact) mass is 476 g/mol. The molecule has 4 aliphatic rings. The van der Waals surface area contributed by atoms with E-state index in [9.17, 15) is 24.5 Å². The predicted molar refractivity (Wildman–Crippen MR) is 125 cm³/mol. The van der Waals surface area contributed by atoms with Gasteiger partial charge in [-0.3, -0.25) is 29.4 Å². The van der Waals surface area contributed by atoms with Crippen molar-refractivity contribution in [2.75, 3.05) is 23.9 Å². The van der Waals surface area contributed by atoms with E-state index in [-0.39, 0.29) is 29.1 Å². The van der Waals surface area contributed by atoms with Crippen LogP contribution in [0.2, 0.25) is 0 Å². The van der Waals surface area contributed by atoms with Crippen LogP contribution < -0.4 is 15.0 Å². The maximum Gasteiger partial charge on any atom is 0.271 e. The Kier molecular flexibility index (Phi) is 4.41. The molecule has 2 aromatic rings. The number of aryl methyl sites for hydroxylation is 1. The molecule has 4 aliphatic heterocycles. The maximum atomic E-state index is 14.1. The van der Waals surface area contributed by atoms with E-state index < -0.39 is 34.1 Å². The van der Waals surface area contributed by atoms with Crippen LogP contribution in [0, 0.1) is 35.8 Å². The van der Waals surface area contributed by atoms with Crippen molar-refractivity contribution in [3.8, 4) is 5.75 Å². The number of non-ortho nitro benzene ring substituents is 1. The summed E-state index contributed by atoms with van der Waals surface area (Å²) in [5, 5.41) is 14.5. The normalized spacial score (nSPS) is 28.9. The Bertz CT molecular complexity index is 1360. The van der Waals surface area contributed by atoms with Crippen molar-refractivity contribution in [1.82, 2.24) is 4.90 Å². The number of imide groups is 1. The standard InChI is InChI=1S/C25H24N4O6/c1-12-6-8-15-21(13(12)2)26-24(32)25(15)20-19(16-5-4-10-27(16)25)22(30)28(23(20)31)17-11-14(29(33)34)7-9-18(17)35-3/h6-9,11,16,19-20H,4-5,10H2,1-3H3,(H,26,32)/t16-,19-,20+,25+/m1/s1. The van der Waals surface area contributed by atoms with Crippen molar-refractivity contribution in [1.29, 1.82) is 0 Å². The molecule has 6 rings (SSSR count). The van der Waals surface area contributed by atoms with Crippen LogP contribution in [0.3, 0.4) is 0 Å². The number of methoxy groups -OCH3 is 1. The van der Waals surface area contributed by atoms with Gasteiger partial charge in [-0.1, -0.05) is 12.1 Å². The molecule has 2 aromatic carbocycles. The van der Waals surface area contributed by atoms with Gasteiger partial charge in [0.05, 0.1) is 23.9 Å². The summed E-state index contributed by atoms with van der Waals surface area (Å²) in [6.45, 7) is 4.50. The number of amides is 3. The molecule has 0 aliphatic carbocycles. The first-order valence-electron chi connectivity index (χ1n) is 11.6. The van der Waals surface area contributed by atoms with E-state index in [4.69, 9.17) is 4.74 Å². The van der Waals surface area contributed by atoms with Crippen LogP contribution in [-0.2, 0) is 19.9 Å². The summed E-state index contributed by atoms with van der Waals surface area (Å²) in [6.07, 6.45) is 1.50. The summed E-state index contributed by atoms with van der Waals surface area (Å²) in [5.74, 6) is -2.76. The molecule has 10 heteroatoms. The van der Waals surface area contributed by atoms with Crippen molar-refractivity contribution in [3.63, 3.8) is 0 Å². The highest BCUT2D eigenvalue weighted by molar-refractivity contribution is 6.26. The molecule has 10 nitrogen and oxygen atoms in total. The minimum Gasteiger partial charge on any atom is -0.495 e. The Morgan fingerprint density at radius 3 is 2.63 bits per heavy atom. The molecule has 4 atom stereocenters. The Labute approximate surface area is 201 Å². The zero-order chi connectivity index (χ0) is 24.8. The number of anilines is 2. The number of nitro groups is 1. The number of carbonyl (C=O) groups is 3. The Morgan fingerprint density at radius 2 is 1.91 bits per heavy atom. The number of nitro benzene ring substituents is 1. The van der Waals surface area contributed by atoms with Gasteiger partial charge in [-0.05, 0) is 50.4 Å². The molecule has 1 spiro atoms. The fraction of sp³-hybridized carbons (Fsp3) is 0.400. The van der Waals surface area contributed by atoms with E-state index in [1.54, 1.807) is 0 Å². The minimum atomic E-state index is -1.30. The first-order chi connectivity index (χ1) is 16.7. The Hall–Kier alpha value is -3.79. The minimum absolute atomic E-state index is 0.0320. The first kappa shape index (κ1) is 21.7. The highest BCUT2D eigenvalue weighted by Gasteiger charge is 2.75. The largest absolute Gasteiger partial charge is 0.495 e. The van der Waals surface area contributed by atoms with Gasteiger partial charge in [0.15, 0.2) is 0 Å². The Morgan fingerprint density at radius 1 is 1.14 bits per heavy atom. The molecule has 3 amide bonds. The highest BCUT2D eigenvalue weighted by atomic mass is 16.6. The third-order valence-electron chi connectivity index (χ3n) is 8.31. The number of fused-ring (bicyclic) bond motifs is 7. The molecule has 35 heavy (non-hydrogen) atoms. The third kappa shape index (κ3) is 2.49. The second-order valence-corrected chi connectivity index (χ2v) is 9.68. The number of benzene rings is 2. The molecule has 0 bridgehead atoms. The fourth-order valence-electron chi connectivity index (χ4n) is 6.72. The van der Waals surface area contributed by atoms with E-state index in [0.29, 0.717) is 18.7 Å². The van der Waals surface area contributed by atoms with Crippen LogP contribution in [0.1, 0.15) is 29.5 Å². The number of hydrogen-bond acceptors (Lipinski definition) is 7. The molecule has 0 saturated carbocycles. The van der Waals surface area contributed by atoms with Gasteiger partial charge in [-0.25, -0.2) is 4.90 Å². The number of nitrogens with one attached hydrogen (secondary N) is 1. The van der Waals surface area contributed by atoms with Crippen LogP contribution in [-0.4, -0.2) is 47.2 Å². The molecular formula is C25H24N4O6. The SMILES string of the molecule is COc1ccc([N+](=O)[O-])cc1N1C(=O)[C@@H]2[C@H]3CCCN3[C@]3(C(=O)Nc4c3ccc(C)c4C)[C@@H]2C1=O. The van der Waals surface area contributed by atoms with Crippen LogP contribution in [0.4, 0.5) is 17.1 Å². The number of ether oxygens (including phenoxy) is 1. The maximum absolute atomic E-state index is 14.1. The highest BCUT2D eigenvalue weighted by Crippen LogP contribution is 2.61. The molecule has 180 valence electrons. The zero-order valence-electron chi connectivity index (χ0n) is 19.5. The van der Waals surface area contributed by atoms with Gasteiger partial charge in [-0.15, -0.1) is 0 Å². The smallest absolute Gasteiger partial charge is 0.271 e. The summed E-state index contributed by atoms with van der Waals surface area (Å²) in [7, 11) is 1.38. The second-order valence-electron chi connectivity index (χ2n) is 9.68. The molecule has 3 fully saturated rings. The number of hydrogen-bond donors (Lipinski definition) is 1. The van der Waals surface area contributed by atoms with E-state index >= 15 is 0 Å². The third-order valence-corrected chi connectivity index (χ3v) is 8.31. The van der Waals surface area contributed by atoms with E-state index in [1.165, 1.54) is 25.3 Å². The first-order valence-corrected chi connectivity index (χ1v) is 11.6. The van der Waals surface area contributed by atoms with Gasteiger partial charge < -0.3 is 10.1 Å². The topological polar surface area (TPSA) is 122 Å². The van der Waals surface area contributed by atoms with Crippen molar-refractivity contribution in [2.45, 2.75) is 38.3 Å². The number of rotatable bonds is 3. The van der Waals surface area contributed by atoms with Gasteiger partial charge >= 0.3 is 0 Å². The fourth-order valence-corrected chi connectivity index (χ4v) is 6.72. The lowest BCUT2D eigenvalue weighted by atomic mass is 9.75. The van der Waals surface area contributed by atoms with Gasteiger partial charge in [0.2, 0.25) is 17.7 Å².